The van der Waals surface area contributed by atoms with Crippen molar-refractivity contribution in [3.63, 3.8) is 0 Å². The third-order valence-corrected chi connectivity index (χ3v) is 4.83. The number of amides is 1. The van der Waals surface area contributed by atoms with Gasteiger partial charge in [0.1, 0.15) is 11.4 Å². The Bertz CT molecular complexity index is 1240. The van der Waals surface area contributed by atoms with Crippen molar-refractivity contribution in [2.24, 2.45) is 0 Å². The van der Waals surface area contributed by atoms with Crippen molar-refractivity contribution in [3.8, 4) is 23.0 Å². The van der Waals surface area contributed by atoms with Crippen molar-refractivity contribution in [1.82, 2.24) is 40.2 Å². The standard InChI is InChI=1S/C22H23N9O7/c32-17(10-30(11-18(33)34)7-8-31(12-19(35)36)13-20(37)38)25-14-4-5-16(24-9-14)22-28-26-21(27-29-22)15-3-1-2-6-23-15/h1-6,9H,7-8,10-13H2,(H,25,32)(H,33,34)(H,35,36)(H,37,38). The Morgan fingerprint density at radius 2 is 1.21 bits per heavy atom. The van der Waals surface area contributed by atoms with Gasteiger partial charge < -0.3 is 20.6 Å². The zero-order chi connectivity index (χ0) is 27.5. The highest BCUT2D eigenvalue weighted by atomic mass is 16.4. The van der Waals surface area contributed by atoms with Crippen molar-refractivity contribution in [3.05, 3.63) is 42.7 Å². The van der Waals surface area contributed by atoms with E-state index in [1.807, 2.05) is 0 Å². The van der Waals surface area contributed by atoms with Gasteiger partial charge in [-0.25, -0.2) is 0 Å². The summed E-state index contributed by atoms with van der Waals surface area (Å²) in [6, 6.07) is 8.33. The summed E-state index contributed by atoms with van der Waals surface area (Å²) >= 11 is 0. The number of hydrogen-bond acceptors (Lipinski definition) is 12. The molecule has 0 saturated carbocycles. The van der Waals surface area contributed by atoms with E-state index in [2.05, 4.69) is 35.7 Å². The summed E-state index contributed by atoms with van der Waals surface area (Å²) in [6.07, 6.45) is 2.95. The van der Waals surface area contributed by atoms with Gasteiger partial charge in [0.05, 0.1) is 38.1 Å². The molecule has 0 atom stereocenters. The van der Waals surface area contributed by atoms with Crippen LogP contribution in [0.4, 0.5) is 5.69 Å². The van der Waals surface area contributed by atoms with Crippen LogP contribution in [0.25, 0.3) is 23.0 Å². The maximum absolute atomic E-state index is 12.5. The molecule has 0 fully saturated rings. The molecule has 1 amide bonds. The zero-order valence-electron chi connectivity index (χ0n) is 19.8. The van der Waals surface area contributed by atoms with Crippen LogP contribution >= 0.6 is 0 Å². The van der Waals surface area contributed by atoms with Crippen LogP contribution in [0.15, 0.2) is 42.7 Å². The average molecular weight is 525 g/mol. The second-order valence-corrected chi connectivity index (χ2v) is 7.85. The lowest BCUT2D eigenvalue weighted by molar-refractivity contribution is -0.143. The van der Waals surface area contributed by atoms with E-state index in [1.165, 1.54) is 11.1 Å². The molecule has 0 unspecified atom stereocenters. The molecule has 198 valence electrons. The van der Waals surface area contributed by atoms with Crippen molar-refractivity contribution in [1.29, 1.82) is 0 Å². The summed E-state index contributed by atoms with van der Waals surface area (Å²) in [7, 11) is 0. The molecule has 16 heteroatoms. The summed E-state index contributed by atoms with van der Waals surface area (Å²) in [5.74, 6) is -3.82. The van der Waals surface area contributed by atoms with Crippen LogP contribution in [0.2, 0.25) is 0 Å². The van der Waals surface area contributed by atoms with Gasteiger partial charge in [0.2, 0.25) is 17.6 Å². The molecule has 0 radical (unpaired) electrons. The molecular formula is C22H23N9O7. The van der Waals surface area contributed by atoms with Gasteiger partial charge in [-0.15, -0.1) is 20.4 Å². The number of rotatable bonds is 14. The van der Waals surface area contributed by atoms with Gasteiger partial charge in [0.25, 0.3) is 0 Å². The highest BCUT2D eigenvalue weighted by Crippen LogP contribution is 2.15. The SMILES string of the molecule is O=C(O)CN(CCN(CC(=O)O)CC(=O)Nc1ccc(-c2nnc(-c3ccccn3)nn2)nc1)CC(=O)O. The predicted octanol–water partition coefficient (Wildman–Crippen LogP) is -0.813. The van der Waals surface area contributed by atoms with Gasteiger partial charge in [-0.2, -0.15) is 0 Å². The molecule has 0 spiro atoms. The number of anilines is 1. The fraction of sp³-hybridized carbons (Fsp3) is 0.273. The molecule has 0 aromatic carbocycles. The summed E-state index contributed by atoms with van der Waals surface area (Å²) in [6.45, 7) is -2.06. The van der Waals surface area contributed by atoms with Crippen molar-refractivity contribution >= 4 is 29.5 Å². The molecule has 4 N–H and O–H groups in total. The average Bonchev–Trinajstić information content (AvgIpc) is 2.87. The minimum atomic E-state index is -1.23. The van der Waals surface area contributed by atoms with E-state index in [-0.39, 0.29) is 31.3 Å². The number of carboxylic acids is 3. The second-order valence-electron chi connectivity index (χ2n) is 7.85. The summed E-state index contributed by atoms with van der Waals surface area (Å²) < 4.78 is 0. The van der Waals surface area contributed by atoms with Gasteiger partial charge in [0, 0.05) is 19.3 Å². The first kappa shape index (κ1) is 27.6. The third-order valence-electron chi connectivity index (χ3n) is 4.83. The van der Waals surface area contributed by atoms with Crippen LogP contribution in [0.3, 0.4) is 0 Å². The lowest BCUT2D eigenvalue weighted by atomic mass is 10.3. The summed E-state index contributed by atoms with van der Waals surface area (Å²) in [4.78, 5) is 56.3. The van der Waals surface area contributed by atoms with Crippen LogP contribution < -0.4 is 5.32 Å². The number of pyridine rings is 2. The number of nitrogens with zero attached hydrogens (tertiary/aromatic N) is 8. The lowest BCUT2D eigenvalue weighted by Gasteiger charge is -2.24. The van der Waals surface area contributed by atoms with Gasteiger partial charge in [-0.05, 0) is 24.3 Å². The molecule has 3 aromatic rings. The molecule has 0 aliphatic rings. The lowest BCUT2D eigenvalue weighted by Crippen LogP contribution is -2.44. The number of aromatic nitrogens is 6. The molecule has 0 aliphatic carbocycles. The van der Waals surface area contributed by atoms with Crippen molar-refractivity contribution in [2.75, 3.05) is 44.6 Å². The normalized spacial score (nSPS) is 10.9. The fourth-order valence-electron chi connectivity index (χ4n) is 3.22. The minimum Gasteiger partial charge on any atom is -0.480 e. The Hall–Kier alpha value is -4.96. The molecule has 3 rings (SSSR count). The van der Waals surface area contributed by atoms with E-state index in [4.69, 9.17) is 15.3 Å². The van der Waals surface area contributed by atoms with E-state index in [0.717, 1.165) is 4.90 Å². The number of nitrogens with one attached hydrogen (secondary N) is 1. The van der Waals surface area contributed by atoms with Gasteiger partial charge in [-0.1, -0.05) is 6.07 Å². The van der Waals surface area contributed by atoms with E-state index in [0.29, 0.717) is 17.1 Å². The number of carbonyl (C=O) groups is 4. The molecule has 38 heavy (non-hydrogen) atoms. The molecule has 0 bridgehead atoms. The highest BCUT2D eigenvalue weighted by molar-refractivity contribution is 5.92. The number of carboxylic acid groups (broad SMARTS) is 3. The van der Waals surface area contributed by atoms with E-state index in [9.17, 15) is 19.2 Å². The van der Waals surface area contributed by atoms with E-state index >= 15 is 0 Å². The van der Waals surface area contributed by atoms with Crippen LogP contribution in [-0.2, 0) is 19.2 Å². The van der Waals surface area contributed by atoms with E-state index < -0.39 is 43.4 Å². The topological polar surface area (TPSA) is 225 Å². The summed E-state index contributed by atoms with van der Waals surface area (Å²) in [5, 5.41) is 45.6. The first-order chi connectivity index (χ1) is 18.2. The van der Waals surface area contributed by atoms with Crippen molar-refractivity contribution < 1.29 is 34.5 Å². The fourth-order valence-corrected chi connectivity index (χ4v) is 3.22. The largest absolute Gasteiger partial charge is 0.480 e. The molecule has 16 nitrogen and oxygen atoms in total. The maximum Gasteiger partial charge on any atom is 0.317 e. The molecule has 0 aliphatic heterocycles. The number of aliphatic carboxylic acids is 3. The zero-order valence-corrected chi connectivity index (χ0v) is 19.8. The van der Waals surface area contributed by atoms with Crippen LogP contribution in [0.5, 0.6) is 0 Å². The molecule has 3 heterocycles. The molecular weight excluding hydrogens is 502 g/mol. The Labute approximate surface area is 215 Å². The first-order valence-corrected chi connectivity index (χ1v) is 11.0. The van der Waals surface area contributed by atoms with Gasteiger partial charge in [0.15, 0.2) is 0 Å². The maximum atomic E-state index is 12.5. The summed E-state index contributed by atoms with van der Waals surface area (Å²) in [5.41, 5.74) is 1.18. The van der Waals surface area contributed by atoms with E-state index in [1.54, 1.807) is 36.5 Å². The number of hydrogen-bond donors (Lipinski definition) is 4. The number of carbonyl (C=O) groups excluding carboxylic acids is 1. The quantitative estimate of drug-likeness (QED) is 0.202. The predicted molar refractivity (Wildman–Crippen MR) is 129 cm³/mol. The Balaban J connectivity index is 1.58. The second kappa shape index (κ2) is 13.4. The smallest absolute Gasteiger partial charge is 0.317 e. The van der Waals surface area contributed by atoms with Gasteiger partial charge in [-0.3, -0.25) is 38.9 Å². The third kappa shape index (κ3) is 8.92. The van der Waals surface area contributed by atoms with Crippen LogP contribution in [0, 0.1) is 0 Å². The van der Waals surface area contributed by atoms with Crippen molar-refractivity contribution in [2.45, 2.75) is 0 Å². The molecule has 0 saturated heterocycles. The van der Waals surface area contributed by atoms with Gasteiger partial charge >= 0.3 is 17.9 Å². The van der Waals surface area contributed by atoms with Crippen LogP contribution in [-0.4, -0.2) is 119 Å². The van der Waals surface area contributed by atoms with Crippen LogP contribution in [0.1, 0.15) is 0 Å². The Morgan fingerprint density at radius 3 is 1.66 bits per heavy atom. The monoisotopic (exact) mass is 525 g/mol. The minimum absolute atomic E-state index is 0.0523. The Morgan fingerprint density at radius 1 is 0.684 bits per heavy atom. The first-order valence-electron chi connectivity index (χ1n) is 11.0. The highest BCUT2D eigenvalue weighted by Gasteiger charge is 2.19. The Kier molecular flexibility index (Phi) is 9.72. The molecule has 3 aromatic heterocycles.